The summed E-state index contributed by atoms with van der Waals surface area (Å²) in [5.74, 6) is 3.54. The van der Waals surface area contributed by atoms with Crippen LogP contribution in [-0.4, -0.2) is 37.6 Å². The Morgan fingerprint density at radius 3 is 3.00 bits per heavy atom. The maximum atomic E-state index is 4.79. The van der Waals surface area contributed by atoms with Gasteiger partial charge in [0.2, 0.25) is 0 Å². The number of hydrogen-bond acceptors (Lipinski definition) is 6. The van der Waals surface area contributed by atoms with E-state index in [1.54, 1.807) is 11.3 Å². The predicted molar refractivity (Wildman–Crippen MR) is 108 cm³/mol. The lowest BCUT2D eigenvalue weighted by molar-refractivity contribution is 0.472. The van der Waals surface area contributed by atoms with Gasteiger partial charge in [0.25, 0.3) is 0 Å². The second-order valence-corrected chi connectivity index (χ2v) is 7.91. The third-order valence-corrected chi connectivity index (χ3v) is 5.77. The lowest BCUT2D eigenvalue weighted by Crippen LogP contribution is -2.36. The molecule has 4 heterocycles. The fourth-order valence-corrected chi connectivity index (χ4v) is 4.44. The highest BCUT2D eigenvalue weighted by atomic mass is 32.1. The van der Waals surface area contributed by atoms with Crippen LogP contribution < -0.4 is 4.90 Å². The molecule has 7 heteroatoms. The summed E-state index contributed by atoms with van der Waals surface area (Å²) in [6.07, 6.45) is 10.4. The fourth-order valence-electron chi connectivity index (χ4n) is 3.89. The summed E-state index contributed by atoms with van der Waals surface area (Å²) in [6, 6.07) is 0. The normalized spacial score (nSPS) is 17.4. The van der Waals surface area contributed by atoms with Gasteiger partial charge in [0.05, 0.1) is 17.7 Å². The molecule has 0 radical (unpaired) electrons. The number of imidazole rings is 1. The highest BCUT2D eigenvalue weighted by Gasteiger charge is 2.27. The molecular formula is C20H26N6S. The zero-order chi connectivity index (χ0) is 18.6. The van der Waals surface area contributed by atoms with Gasteiger partial charge < -0.3 is 9.47 Å². The molecule has 0 saturated carbocycles. The van der Waals surface area contributed by atoms with E-state index < -0.39 is 0 Å². The molecule has 0 bridgehead atoms. The van der Waals surface area contributed by atoms with Crippen LogP contribution >= 0.6 is 11.3 Å². The lowest BCUT2D eigenvalue weighted by Gasteiger charge is -2.34. The Hall–Kier alpha value is -2.28. The highest BCUT2D eigenvalue weighted by Crippen LogP contribution is 2.30. The molecule has 1 atom stereocenters. The monoisotopic (exact) mass is 382 g/mol. The van der Waals surface area contributed by atoms with E-state index in [-0.39, 0.29) is 0 Å². The van der Waals surface area contributed by atoms with E-state index in [0.29, 0.717) is 5.92 Å². The first kappa shape index (κ1) is 18.1. The molecule has 1 aliphatic heterocycles. The van der Waals surface area contributed by atoms with Crippen molar-refractivity contribution in [3.8, 4) is 0 Å². The molecule has 1 aliphatic rings. The van der Waals surface area contributed by atoms with Crippen LogP contribution in [0.1, 0.15) is 55.0 Å². The maximum Gasteiger partial charge on any atom is 0.135 e. The van der Waals surface area contributed by atoms with E-state index in [0.717, 1.165) is 68.5 Å². The number of hydrogen-bond donors (Lipinski definition) is 0. The van der Waals surface area contributed by atoms with Crippen LogP contribution in [0.4, 0.5) is 5.82 Å². The first-order valence-electron chi connectivity index (χ1n) is 9.70. The van der Waals surface area contributed by atoms with Crippen LogP contribution in [0.3, 0.4) is 0 Å². The maximum absolute atomic E-state index is 4.79. The molecule has 0 N–H and O–H groups in total. The minimum absolute atomic E-state index is 0.414. The van der Waals surface area contributed by atoms with Gasteiger partial charge in [-0.05, 0) is 26.2 Å². The summed E-state index contributed by atoms with van der Waals surface area (Å²) in [5.41, 5.74) is 4.25. The van der Waals surface area contributed by atoms with E-state index in [1.807, 2.05) is 24.8 Å². The number of aryl methyl sites for hydroxylation is 2. The Bertz CT molecular complexity index is 872. The molecule has 142 valence electrons. The summed E-state index contributed by atoms with van der Waals surface area (Å²) in [7, 11) is 0. The average molecular weight is 383 g/mol. The van der Waals surface area contributed by atoms with Gasteiger partial charge in [0.15, 0.2) is 0 Å². The fraction of sp³-hybridized carbons (Fsp3) is 0.500. The Balaban J connectivity index is 1.56. The Kier molecular flexibility index (Phi) is 5.48. The van der Waals surface area contributed by atoms with E-state index in [4.69, 9.17) is 9.97 Å². The van der Waals surface area contributed by atoms with Gasteiger partial charge in [0.1, 0.15) is 17.5 Å². The zero-order valence-corrected chi connectivity index (χ0v) is 16.8. The van der Waals surface area contributed by atoms with Crippen LogP contribution in [0.25, 0.3) is 0 Å². The highest BCUT2D eigenvalue weighted by molar-refractivity contribution is 7.07. The molecule has 1 saturated heterocycles. The van der Waals surface area contributed by atoms with Crippen LogP contribution in [-0.2, 0) is 13.0 Å². The molecule has 3 aromatic rings. The van der Waals surface area contributed by atoms with Gasteiger partial charge in [-0.15, -0.1) is 11.3 Å². The standard InChI is InChI=1S/C20H26N6S/c1-3-5-16-10-22-15(2)24-20(16)25-8-4-6-17(11-25)19-21-7-9-26(19)12-18-13-27-14-23-18/h7,9-10,13-14,17H,3-6,8,11-12H2,1-2H3/t17-/m0/s1. The molecule has 0 amide bonds. The molecule has 1 fully saturated rings. The molecule has 0 aliphatic carbocycles. The van der Waals surface area contributed by atoms with E-state index in [9.17, 15) is 0 Å². The third kappa shape index (κ3) is 4.03. The van der Waals surface area contributed by atoms with Crippen molar-refractivity contribution in [1.82, 2.24) is 24.5 Å². The molecule has 0 spiro atoms. The summed E-state index contributed by atoms with van der Waals surface area (Å²) in [4.78, 5) is 20.8. The minimum atomic E-state index is 0.414. The Morgan fingerprint density at radius 2 is 2.19 bits per heavy atom. The van der Waals surface area contributed by atoms with Crippen molar-refractivity contribution in [2.24, 2.45) is 0 Å². The predicted octanol–water partition coefficient (Wildman–Crippen LogP) is 3.82. The summed E-state index contributed by atoms with van der Waals surface area (Å²) >= 11 is 1.64. The number of piperidine rings is 1. The van der Waals surface area contributed by atoms with E-state index in [1.165, 1.54) is 5.56 Å². The van der Waals surface area contributed by atoms with Gasteiger partial charge in [-0.2, -0.15) is 0 Å². The largest absolute Gasteiger partial charge is 0.356 e. The molecule has 0 aromatic carbocycles. The zero-order valence-electron chi connectivity index (χ0n) is 16.0. The van der Waals surface area contributed by atoms with Gasteiger partial charge >= 0.3 is 0 Å². The van der Waals surface area contributed by atoms with E-state index in [2.05, 4.69) is 37.9 Å². The van der Waals surface area contributed by atoms with Crippen molar-refractivity contribution in [1.29, 1.82) is 0 Å². The summed E-state index contributed by atoms with van der Waals surface area (Å²) < 4.78 is 2.25. The summed E-state index contributed by atoms with van der Waals surface area (Å²) in [6.45, 7) is 6.99. The first-order chi connectivity index (χ1) is 13.2. The molecular weight excluding hydrogens is 356 g/mol. The van der Waals surface area contributed by atoms with Crippen LogP contribution in [0.15, 0.2) is 29.5 Å². The van der Waals surface area contributed by atoms with Gasteiger partial charge in [-0.1, -0.05) is 13.3 Å². The van der Waals surface area contributed by atoms with Gasteiger partial charge in [-0.25, -0.2) is 19.9 Å². The third-order valence-electron chi connectivity index (χ3n) is 5.13. The van der Waals surface area contributed by atoms with Crippen LogP contribution in [0.5, 0.6) is 0 Å². The van der Waals surface area contributed by atoms with Crippen molar-refractivity contribution < 1.29 is 0 Å². The number of anilines is 1. The second kappa shape index (κ2) is 8.17. The molecule has 6 nitrogen and oxygen atoms in total. The number of rotatable bonds is 6. The molecule has 27 heavy (non-hydrogen) atoms. The SMILES string of the molecule is CCCc1cnc(C)nc1N1CCC[C@H](c2nccn2Cc2cscn2)C1. The number of aromatic nitrogens is 5. The molecule has 3 aromatic heterocycles. The van der Waals surface area contributed by atoms with Crippen molar-refractivity contribution in [2.45, 2.75) is 52.0 Å². The minimum Gasteiger partial charge on any atom is -0.356 e. The van der Waals surface area contributed by atoms with Crippen molar-refractivity contribution in [3.05, 3.63) is 52.4 Å². The number of thiazole rings is 1. The Morgan fingerprint density at radius 1 is 1.26 bits per heavy atom. The van der Waals surface area contributed by atoms with E-state index >= 15 is 0 Å². The Labute approximate surface area is 164 Å². The van der Waals surface area contributed by atoms with Crippen LogP contribution in [0, 0.1) is 6.92 Å². The van der Waals surface area contributed by atoms with Crippen molar-refractivity contribution in [3.63, 3.8) is 0 Å². The van der Waals surface area contributed by atoms with Gasteiger partial charge in [-0.3, -0.25) is 0 Å². The average Bonchev–Trinajstić information content (AvgIpc) is 3.36. The second-order valence-electron chi connectivity index (χ2n) is 7.19. The summed E-state index contributed by atoms with van der Waals surface area (Å²) in [5, 5.41) is 2.11. The van der Waals surface area contributed by atoms with Crippen molar-refractivity contribution >= 4 is 17.2 Å². The molecule has 4 rings (SSSR count). The van der Waals surface area contributed by atoms with Gasteiger partial charge in [0, 0.05) is 48.5 Å². The first-order valence-corrected chi connectivity index (χ1v) is 10.6. The lowest BCUT2D eigenvalue weighted by atomic mass is 9.96. The quantitative estimate of drug-likeness (QED) is 0.648. The smallest absolute Gasteiger partial charge is 0.135 e. The van der Waals surface area contributed by atoms with Crippen molar-refractivity contribution in [2.75, 3.05) is 18.0 Å². The van der Waals surface area contributed by atoms with Crippen LogP contribution in [0.2, 0.25) is 0 Å². The molecule has 0 unspecified atom stereocenters. The topological polar surface area (TPSA) is 59.7 Å². The number of nitrogens with zero attached hydrogens (tertiary/aromatic N) is 6.